The standard InChI is InChI=1S/C14H15N3OS/c18-14(16-12-7-17-4-3-10(12)6-17)9-1-2-11-13(5-9)19-8-15-11/h1-2,5,8,10,12H,3-4,6-7H2,(H,16,18)/t10-,12?/m0/s1. The summed E-state index contributed by atoms with van der Waals surface area (Å²) in [5, 5.41) is 3.19. The SMILES string of the molecule is O=C(NC1CN2CC[C@H]1C2)c1ccc2ncsc2c1. The summed E-state index contributed by atoms with van der Waals surface area (Å²) in [6.07, 6.45) is 1.22. The zero-order valence-corrected chi connectivity index (χ0v) is 11.3. The lowest BCUT2D eigenvalue weighted by molar-refractivity contribution is 0.0924. The van der Waals surface area contributed by atoms with Crippen molar-refractivity contribution in [1.82, 2.24) is 15.2 Å². The first kappa shape index (κ1) is 11.4. The third-order valence-corrected chi connectivity index (χ3v) is 5.03. The summed E-state index contributed by atoms with van der Waals surface area (Å²) in [7, 11) is 0. The Labute approximate surface area is 115 Å². The Kier molecular flexibility index (Phi) is 2.56. The van der Waals surface area contributed by atoms with Gasteiger partial charge in [-0.2, -0.15) is 0 Å². The van der Waals surface area contributed by atoms with Crippen LogP contribution in [0.2, 0.25) is 0 Å². The number of hydrogen-bond donors (Lipinski definition) is 1. The summed E-state index contributed by atoms with van der Waals surface area (Å²) >= 11 is 1.57. The van der Waals surface area contributed by atoms with Gasteiger partial charge in [0.25, 0.3) is 5.91 Å². The van der Waals surface area contributed by atoms with E-state index in [1.165, 1.54) is 13.0 Å². The van der Waals surface area contributed by atoms with Gasteiger partial charge in [-0.25, -0.2) is 4.98 Å². The number of nitrogens with zero attached hydrogens (tertiary/aromatic N) is 2. The molecule has 2 aliphatic rings. The van der Waals surface area contributed by atoms with Gasteiger partial charge >= 0.3 is 0 Å². The molecule has 3 atom stereocenters. The molecule has 2 saturated heterocycles. The van der Waals surface area contributed by atoms with Crippen LogP contribution in [0.5, 0.6) is 0 Å². The van der Waals surface area contributed by atoms with Gasteiger partial charge in [-0.1, -0.05) is 0 Å². The maximum atomic E-state index is 12.3. The normalized spacial score (nSPS) is 28.9. The van der Waals surface area contributed by atoms with E-state index in [1.54, 1.807) is 11.3 Å². The second-order valence-corrected chi connectivity index (χ2v) is 6.31. The van der Waals surface area contributed by atoms with E-state index in [-0.39, 0.29) is 5.91 Å². The summed E-state index contributed by atoms with van der Waals surface area (Å²) in [6, 6.07) is 6.06. The lowest BCUT2D eigenvalue weighted by atomic mass is 9.99. The molecule has 4 nitrogen and oxygen atoms in total. The van der Waals surface area contributed by atoms with Crippen molar-refractivity contribution in [3.8, 4) is 0 Å². The number of benzene rings is 1. The highest BCUT2D eigenvalue weighted by Gasteiger charge is 2.38. The van der Waals surface area contributed by atoms with Gasteiger partial charge in [-0.15, -0.1) is 11.3 Å². The summed E-state index contributed by atoms with van der Waals surface area (Å²) in [5.41, 5.74) is 3.53. The highest BCUT2D eigenvalue weighted by atomic mass is 32.1. The molecule has 0 radical (unpaired) electrons. The third kappa shape index (κ3) is 1.93. The zero-order valence-electron chi connectivity index (χ0n) is 10.5. The number of carbonyl (C=O) groups is 1. The Bertz CT molecular complexity index is 638. The van der Waals surface area contributed by atoms with E-state index in [0.29, 0.717) is 12.0 Å². The maximum absolute atomic E-state index is 12.3. The van der Waals surface area contributed by atoms with Crippen LogP contribution in [0.3, 0.4) is 0 Å². The number of hydrogen-bond acceptors (Lipinski definition) is 4. The molecular formula is C14H15N3OS. The molecule has 2 bridgehead atoms. The van der Waals surface area contributed by atoms with Crippen molar-refractivity contribution in [2.45, 2.75) is 12.5 Å². The van der Waals surface area contributed by atoms with E-state index in [0.717, 1.165) is 28.9 Å². The number of rotatable bonds is 2. The van der Waals surface area contributed by atoms with Crippen LogP contribution in [0.4, 0.5) is 0 Å². The van der Waals surface area contributed by atoms with Gasteiger partial charge < -0.3 is 10.2 Å². The largest absolute Gasteiger partial charge is 0.348 e. The number of piperidine rings is 1. The van der Waals surface area contributed by atoms with Crippen molar-refractivity contribution >= 4 is 27.5 Å². The molecule has 4 rings (SSSR count). The van der Waals surface area contributed by atoms with E-state index >= 15 is 0 Å². The fraction of sp³-hybridized carbons (Fsp3) is 0.429. The maximum Gasteiger partial charge on any atom is 0.251 e. The van der Waals surface area contributed by atoms with Crippen LogP contribution in [0.1, 0.15) is 16.8 Å². The van der Waals surface area contributed by atoms with Crippen LogP contribution in [0.15, 0.2) is 23.7 Å². The lowest BCUT2D eigenvalue weighted by Gasteiger charge is -2.23. The first-order chi connectivity index (χ1) is 9.29. The number of thiazole rings is 1. The zero-order chi connectivity index (χ0) is 12.8. The average molecular weight is 273 g/mol. The topological polar surface area (TPSA) is 45.2 Å². The summed E-state index contributed by atoms with van der Waals surface area (Å²) in [4.78, 5) is 19.0. The highest BCUT2D eigenvalue weighted by Crippen LogP contribution is 2.28. The minimum Gasteiger partial charge on any atom is -0.348 e. The van der Waals surface area contributed by atoms with Crippen LogP contribution in [0.25, 0.3) is 10.2 Å². The molecule has 1 N–H and O–H groups in total. The number of fused-ring (bicyclic) bond motifs is 3. The predicted molar refractivity (Wildman–Crippen MR) is 75.4 cm³/mol. The minimum absolute atomic E-state index is 0.0500. The molecule has 0 saturated carbocycles. The Morgan fingerprint density at radius 3 is 3.16 bits per heavy atom. The molecule has 5 heteroatoms. The van der Waals surface area contributed by atoms with E-state index in [4.69, 9.17) is 0 Å². The molecule has 1 aromatic heterocycles. The Morgan fingerprint density at radius 1 is 1.42 bits per heavy atom. The van der Waals surface area contributed by atoms with Gasteiger partial charge in [0.05, 0.1) is 15.7 Å². The van der Waals surface area contributed by atoms with Crippen LogP contribution >= 0.6 is 11.3 Å². The van der Waals surface area contributed by atoms with Gasteiger partial charge in [-0.05, 0) is 37.1 Å². The van der Waals surface area contributed by atoms with Crippen LogP contribution < -0.4 is 5.32 Å². The van der Waals surface area contributed by atoms with Crippen LogP contribution in [-0.4, -0.2) is 41.5 Å². The second-order valence-electron chi connectivity index (χ2n) is 5.42. The first-order valence-electron chi connectivity index (χ1n) is 6.66. The van der Waals surface area contributed by atoms with Crippen LogP contribution in [-0.2, 0) is 0 Å². The van der Waals surface area contributed by atoms with Crippen molar-refractivity contribution in [3.63, 3.8) is 0 Å². The molecule has 2 fully saturated rings. The molecule has 0 spiro atoms. The number of aromatic nitrogens is 1. The average Bonchev–Trinajstić information content (AvgIpc) is 3.13. The van der Waals surface area contributed by atoms with Gasteiger partial charge in [0.1, 0.15) is 0 Å². The highest BCUT2D eigenvalue weighted by molar-refractivity contribution is 7.16. The fourth-order valence-electron chi connectivity index (χ4n) is 3.20. The minimum atomic E-state index is 0.0500. The molecule has 0 aliphatic carbocycles. The van der Waals surface area contributed by atoms with Gasteiger partial charge in [-0.3, -0.25) is 4.79 Å². The molecule has 2 unspecified atom stereocenters. The van der Waals surface area contributed by atoms with Crippen molar-refractivity contribution in [1.29, 1.82) is 0 Å². The predicted octanol–water partition coefficient (Wildman–Crippen LogP) is 1.73. The Morgan fingerprint density at radius 2 is 2.37 bits per heavy atom. The van der Waals surface area contributed by atoms with Crippen molar-refractivity contribution < 1.29 is 4.79 Å². The van der Waals surface area contributed by atoms with Crippen molar-refractivity contribution in [2.24, 2.45) is 5.92 Å². The monoisotopic (exact) mass is 273 g/mol. The Balaban J connectivity index is 1.53. The summed E-state index contributed by atoms with van der Waals surface area (Å²) in [6.45, 7) is 3.36. The Hall–Kier alpha value is -1.46. The van der Waals surface area contributed by atoms with E-state index in [9.17, 15) is 4.79 Å². The molecule has 3 heterocycles. The molecule has 2 aliphatic heterocycles. The molecular weight excluding hydrogens is 258 g/mol. The smallest absolute Gasteiger partial charge is 0.251 e. The summed E-state index contributed by atoms with van der Waals surface area (Å²) < 4.78 is 1.07. The molecule has 2 aromatic rings. The lowest BCUT2D eigenvalue weighted by Crippen LogP contribution is -2.43. The summed E-state index contributed by atoms with van der Waals surface area (Å²) in [5.74, 6) is 0.699. The quantitative estimate of drug-likeness (QED) is 0.906. The van der Waals surface area contributed by atoms with Gasteiger partial charge in [0, 0.05) is 24.7 Å². The number of carbonyl (C=O) groups excluding carboxylic acids is 1. The van der Waals surface area contributed by atoms with Gasteiger partial charge in [0.15, 0.2) is 0 Å². The molecule has 1 aromatic carbocycles. The third-order valence-electron chi connectivity index (χ3n) is 4.24. The molecule has 1 amide bonds. The fourth-order valence-corrected chi connectivity index (χ4v) is 3.91. The van der Waals surface area contributed by atoms with Crippen molar-refractivity contribution in [3.05, 3.63) is 29.3 Å². The second kappa shape index (κ2) is 4.28. The van der Waals surface area contributed by atoms with E-state index in [2.05, 4.69) is 15.2 Å². The van der Waals surface area contributed by atoms with Gasteiger partial charge in [0.2, 0.25) is 0 Å². The molecule has 19 heavy (non-hydrogen) atoms. The van der Waals surface area contributed by atoms with E-state index in [1.807, 2.05) is 23.7 Å². The van der Waals surface area contributed by atoms with Crippen LogP contribution in [0, 0.1) is 5.92 Å². The first-order valence-corrected chi connectivity index (χ1v) is 7.54. The number of amides is 1. The molecule has 98 valence electrons. The number of nitrogens with one attached hydrogen (secondary N) is 1. The van der Waals surface area contributed by atoms with E-state index < -0.39 is 0 Å². The van der Waals surface area contributed by atoms with Crippen molar-refractivity contribution in [2.75, 3.05) is 19.6 Å².